The minimum atomic E-state index is -4.39. The molecule has 1 amide bonds. The van der Waals surface area contributed by atoms with Gasteiger partial charge in [-0.25, -0.2) is 0 Å². The minimum Gasteiger partial charge on any atom is -0.493 e. The van der Waals surface area contributed by atoms with Crippen molar-refractivity contribution in [1.82, 2.24) is 5.32 Å². The summed E-state index contributed by atoms with van der Waals surface area (Å²) < 4.78 is 48.2. The molecule has 0 atom stereocenters. The third-order valence-corrected chi connectivity index (χ3v) is 3.80. The van der Waals surface area contributed by atoms with Gasteiger partial charge in [0.1, 0.15) is 0 Å². The van der Waals surface area contributed by atoms with Gasteiger partial charge in [-0.2, -0.15) is 13.2 Å². The maximum Gasteiger partial charge on any atom is 0.416 e. The van der Waals surface area contributed by atoms with E-state index in [4.69, 9.17) is 21.1 Å². The van der Waals surface area contributed by atoms with E-state index in [9.17, 15) is 18.0 Å². The van der Waals surface area contributed by atoms with Crippen LogP contribution in [0.25, 0.3) is 0 Å². The van der Waals surface area contributed by atoms with Crippen molar-refractivity contribution >= 4 is 17.5 Å². The van der Waals surface area contributed by atoms with E-state index < -0.39 is 17.6 Å². The van der Waals surface area contributed by atoms with Gasteiger partial charge in [0.25, 0.3) is 5.91 Å². The third kappa shape index (κ3) is 4.82. The quantitative estimate of drug-likeness (QED) is 0.781. The van der Waals surface area contributed by atoms with Crippen LogP contribution in [0, 0.1) is 0 Å². The molecule has 0 radical (unpaired) electrons. The summed E-state index contributed by atoms with van der Waals surface area (Å²) in [6.45, 7) is 2.25. The van der Waals surface area contributed by atoms with Crippen molar-refractivity contribution in [3.63, 3.8) is 0 Å². The summed E-state index contributed by atoms with van der Waals surface area (Å²) in [6, 6.07) is 7.50. The lowest BCUT2D eigenvalue weighted by Crippen LogP contribution is -2.23. The summed E-state index contributed by atoms with van der Waals surface area (Å²) in [4.78, 5) is 12.3. The van der Waals surface area contributed by atoms with E-state index in [-0.39, 0.29) is 17.1 Å². The van der Waals surface area contributed by atoms with Crippen LogP contribution in [0.1, 0.15) is 28.4 Å². The predicted molar refractivity (Wildman–Crippen MR) is 91.8 cm³/mol. The van der Waals surface area contributed by atoms with E-state index in [0.29, 0.717) is 23.7 Å². The molecule has 0 aliphatic rings. The SMILES string of the molecule is CCOc1c(Cl)cc(C(=O)NCc2ccc(C(F)(F)F)cc2)cc1OC. The van der Waals surface area contributed by atoms with E-state index in [1.165, 1.54) is 31.4 Å². The van der Waals surface area contributed by atoms with Gasteiger partial charge in [-0.1, -0.05) is 23.7 Å². The number of hydrogen-bond acceptors (Lipinski definition) is 3. The Labute approximate surface area is 153 Å². The zero-order valence-corrected chi connectivity index (χ0v) is 14.9. The van der Waals surface area contributed by atoms with Crippen LogP contribution in [0.5, 0.6) is 11.5 Å². The zero-order chi connectivity index (χ0) is 19.3. The number of nitrogens with one attached hydrogen (secondary N) is 1. The number of carbonyl (C=O) groups excluding carboxylic acids is 1. The number of rotatable bonds is 6. The molecule has 26 heavy (non-hydrogen) atoms. The molecule has 0 fully saturated rings. The van der Waals surface area contributed by atoms with Gasteiger partial charge in [-0.3, -0.25) is 4.79 Å². The summed E-state index contributed by atoms with van der Waals surface area (Å²) >= 11 is 6.12. The number of hydrogen-bond donors (Lipinski definition) is 1. The Kier molecular flexibility index (Phi) is 6.37. The van der Waals surface area contributed by atoms with Crippen molar-refractivity contribution in [2.24, 2.45) is 0 Å². The fourth-order valence-electron chi connectivity index (χ4n) is 2.23. The van der Waals surface area contributed by atoms with Crippen molar-refractivity contribution in [3.05, 3.63) is 58.1 Å². The number of amides is 1. The van der Waals surface area contributed by atoms with Crippen molar-refractivity contribution < 1.29 is 27.4 Å². The Bertz CT molecular complexity index is 776. The Balaban J connectivity index is 2.09. The van der Waals surface area contributed by atoms with Crippen molar-refractivity contribution in [1.29, 1.82) is 0 Å². The summed E-state index contributed by atoms with van der Waals surface area (Å²) in [5.74, 6) is 0.225. The molecule has 2 aromatic rings. The average molecular weight is 388 g/mol. The number of carbonyl (C=O) groups is 1. The molecule has 1 N–H and O–H groups in total. The highest BCUT2D eigenvalue weighted by molar-refractivity contribution is 6.32. The fraction of sp³-hybridized carbons (Fsp3) is 0.278. The van der Waals surface area contributed by atoms with Gasteiger partial charge in [0.15, 0.2) is 11.5 Å². The van der Waals surface area contributed by atoms with Crippen LogP contribution < -0.4 is 14.8 Å². The normalized spacial score (nSPS) is 11.2. The molecule has 0 saturated heterocycles. The first-order valence-corrected chi connectivity index (χ1v) is 8.08. The molecule has 0 aromatic heterocycles. The Hall–Kier alpha value is -2.41. The molecular weight excluding hydrogens is 371 g/mol. The number of methoxy groups -OCH3 is 1. The van der Waals surface area contributed by atoms with E-state index >= 15 is 0 Å². The van der Waals surface area contributed by atoms with Crippen LogP contribution in [-0.4, -0.2) is 19.6 Å². The lowest BCUT2D eigenvalue weighted by Gasteiger charge is -2.13. The number of benzene rings is 2. The van der Waals surface area contributed by atoms with Gasteiger partial charge >= 0.3 is 6.18 Å². The van der Waals surface area contributed by atoms with Crippen LogP contribution in [-0.2, 0) is 12.7 Å². The predicted octanol–water partition coefficient (Wildman–Crippen LogP) is 4.70. The van der Waals surface area contributed by atoms with Crippen LogP contribution >= 0.6 is 11.6 Å². The van der Waals surface area contributed by atoms with Gasteiger partial charge in [0, 0.05) is 12.1 Å². The molecule has 140 valence electrons. The maximum atomic E-state index is 12.5. The highest BCUT2D eigenvalue weighted by Gasteiger charge is 2.29. The van der Waals surface area contributed by atoms with Gasteiger partial charge in [0.05, 0.1) is 24.3 Å². The van der Waals surface area contributed by atoms with Crippen LogP contribution in [0.15, 0.2) is 36.4 Å². The molecule has 0 saturated carbocycles. The van der Waals surface area contributed by atoms with Gasteiger partial charge in [0.2, 0.25) is 0 Å². The number of halogens is 4. The third-order valence-electron chi connectivity index (χ3n) is 3.51. The average Bonchev–Trinajstić information content (AvgIpc) is 2.60. The Morgan fingerprint density at radius 1 is 1.19 bits per heavy atom. The fourth-order valence-corrected chi connectivity index (χ4v) is 2.50. The van der Waals surface area contributed by atoms with Crippen molar-refractivity contribution in [2.75, 3.05) is 13.7 Å². The second-order valence-corrected chi connectivity index (χ2v) is 5.71. The molecule has 2 rings (SSSR count). The van der Waals surface area contributed by atoms with Crippen molar-refractivity contribution in [3.8, 4) is 11.5 Å². The van der Waals surface area contributed by atoms with E-state index in [0.717, 1.165) is 12.1 Å². The van der Waals surface area contributed by atoms with Crippen LogP contribution in [0.2, 0.25) is 5.02 Å². The first kappa shape index (κ1) is 19.9. The molecule has 8 heteroatoms. The minimum absolute atomic E-state index is 0.0735. The molecule has 0 aliphatic heterocycles. The molecule has 4 nitrogen and oxygen atoms in total. The molecule has 0 spiro atoms. The standard InChI is InChI=1S/C18H17ClF3NO3/c1-3-26-16-14(19)8-12(9-15(16)25-2)17(24)23-10-11-4-6-13(7-5-11)18(20,21)22/h4-9H,3,10H2,1-2H3,(H,23,24). The largest absolute Gasteiger partial charge is 0.493 e. The second-order valence-electron chi connectivity index (χ2n) is 5.30. The van der Waals surface area contributed by atoms with Gasteiger partial charge < -0.3 is 14.8 Å². The first-order chi connectivity index (χ1) is 12.3. The van der Waals surface area contributed by atoms with E-state index in [1.807, 2.05) is 0 Å². The zero-order valence-electron chi connectivity index (χ0n) is 14.1. The lowest BCUT2D eigenvalue weighted by molar-refractivity contribution is -0.137. The van der Waals surface area contributed by atoms with Gasteiger partial charge in [-0.15, -0.1) is 0 Å². The summed E-state index contributed by atoms with van der Waals surface area (Å²) in [5.41, 5.74) is 0.0492. The van der Waals surface area contributed by atoms with Crippen LogP contribution in [0.4, 0.5) is 13.2 Å². The first-order valence-electron chi connectivity index (χ1n) is 7.71. The molecule has 0 bridgehead atoms. The van der Waals surface area contributed by atoms with E-state index in [2.05, 4.69) is 5.32 Å². The molecule has 0 aliphatic carbocycles. The Morgan fingerprint density at radius 3 is 2.38 bits per heavy atom. The monoisotopic (exact) mass is 387 g/mol. The molecule has 0 unspecified atom stereocenters. The Morgan fingerprint density at radius 2 is 1.85 bits per heavy atom. The topological polar surface area (TPSA) is 47.6 Å². The second kappa shape index (κ2) is 8.31. The van der Waals surface area contributed by atoms with Gasteiger partial charge in [-0.05, 0) is 36.8 Å². The number of ether oxygens (including phenoxy) is 2. The summed E-state index contributed by atoms with van der Waals surface area (Å²) in [5, 5.41) is 2.86. The smallest absolute Gasteiger partial charge is 0.416 e. The summed E-state index contributed by atoms with van der Waals surface area (Å²) in [6.07, 6.45) is -4.39. The molecule has 0 heterocycles. The molecule has 2 aromatic carbocycles. The van der Waals surface area contributed by atoms with Crippen molar-refractivity contribution in [2.45, 2.75) is 19.6 Å². The number of alkyl halides is 3. The van der Waals surface area contributed by atoms with E-state index in [1.54, 1.807) is 6.92 Å². The van der Waals surface area contributed by atoms with Crippen LogP contribution in [0.3, 0.4) is 0 Å². The lowest BCUT2D eigenvalue weighted by atomic mass is 10.1. The highest BCUT2D eigenvalue weighted by atomic mass is 35.5. The highest BCUT2D eigenvalue weighted by Crippen LogP contribution is 2.36. The molecular formula is C18H17ClF3NO3. The summed E-state index contributed by atoms with van der Waals surface area (Å²) in [7, 11) is 1.43. The maximum absolute atomic E-state index is 12.5.